The van der Waals surface area contributed by atoms with Crippen molar-refractivity contribution >= 4 is 5.71 Å². The average molecular weight is 193 g/mol. The van der Waals surface area contributed by atoms with E-state index >= 15 is 0 Å². The maximum absolute atomic E-state index is 4.70. The van der Waals surface area contributed by atoms with Gasteiger partial charge >= 0.3 is 0 Å². The van der Waals surface area contributed by atoms with E-state index in [9.17, 15) is 0 Å². The summed E-state index contributed by atoms with van der Waals surface area (Å²) in [6.45, 7) is 15.7. The first-order valence-corrected chi connectivity index (χ1v) is 5.40. The Hall–Kier alpha value is -0.590. The van der Waals surface area contributed by atoms with Crippen molar-refractivity contribution in [1.29, 1.82) is 0 Å². The summed E-state index contributed by atoms with van der Waals surface area (Å²) in [5.74, 6) is 0. The minimum absolute atomic E-state index is 0.217. The summed E-state index contributed by atoms with van der Waals surface area (Å²) in [6, 6.07) is 0. The third-order valence-corrected chi connectivity index (χ3v) is 2.85. The van der Waals surface area contributed by atoms with Crippen molar-refractivity contribution in [2.45, 2.75) is 54.9 Å². The van der Waals surface area contributed by atoms with Crippen molar-refractivity contribution in [1.82, 2.24) is 0 Å². The van der Waals surface area contributed by atoms with Crippen LogP contribution in [-0.2, 0) is 0 Å². The first-order valence-electron chi connectivity index (χ1n) is 5.40. The third-order valence-electron chi connectivity index (χ3n) is 2.85. The van der Waals surface area contributed by atoms with Crippen LogP contribution in [0.4, 0.5) is 0 Å². The molecule has 0 atom stereocenters. The molecule has 1 heterocycles. The molecule has 0 aliphatic carbocycles. The lowest BCUT2D eigenvalue weighted by molar-refractivity contribution is 0.489. The zero-order valence-corrected chi connectivity index (χ0v) is 10.7. The molecule has 0 saturated carbocycles. The standard InChI is InChI=1S/C13H23N/c1-9-10(12(2,3)4)8-11(14-9)13(5,6)7/h8H2,1-7H3. The van der Waals surface area contributed by atoms with Gasteiger partial charge in [0, 0.05) is 23.2 Å². The Morgan fingerprint density at radius 1 is 0.929 bits per heavy atom. The van der Waals surface area contributed by atoms with Gasteiger partial charge in [-0.1, -0.05) is 41.5 Å². The molecule has 1 aliphatic rings. The van der Waals surface area contributed by atoms with Crippen molar-refractivity contribution in [2.24, 2.45) is 15.8 Å². The third kappa shape index (κ3) is 2.26. The van der Waals surface area contributed by atoms with Gasteiger partial charge in [0.25, 0.3) is 0 Å². The topological polar surface area (TPSA) is 12.4 Å². The summed E-state index contributed by atoms with van der Waals surface area (Å²) in [5, 5.41) is 0. The highest BCUT2D eigenvalue weighted by atomic mass is 14.8. The molecule has 0 aromatic rings. The highest BCUT2D eigenvalue weighted by molar-refractivity contribution is 5.94. The van der Waals surface area contributed by atoms with E-state index in [0.717, 1.165) is 6.42 Å². The van der Waals surface area contributed by atoms with Gasteiger partial charge in [-0.05, 0) is 17.9 Å². The lowest BCUT2D eigenvalue weighted by Gasteiger charge is -2.24. The predicted molar refractivity (Wildman–Crippen MR) is 63.7 cm³/mol. The van der Waals surface area contributed by atoms with E-state index in [4.69, 9.17) is 4.99 Å². The molecular weight excluding hydrogens is 170 g/mol. The molecule has 80 valence electrons. The summed E-state index contributed by atoms with van der Waals surface area (Å²) in [7, 11) is 0. The number of hydrogen-bond donors (Lipinski definition) is 0. The van der Waals surface area contributed by atoms with E-state index in [1.54, 1.807) is 0 Å². The Bertz CT molecular complexity index is 292. The van der Waals surface area contributed by atoms with Crippen LogP contribution >= 0.6 is 0 Å². The molecular formula is C13H23N. The van der Waals surface area contributed by atoms with E-state index in [0.29, 0.717) is 0 Å². The summed E-state index contributed by atoms with van der Waals surface area (Å²) in [5.41, 5.74) is 4.55. The van der Waals surface area contributed by atoms with Gasteiger partial charge in [0.05, 0.1) is 0 Å². The molecule has 1 heteroatoms. The molecule has 0 fully saturated rings. The van der Waals surface area contributed by atoms with Gasteiger partial charge in [0.2, 0.25) is 0 Å². The van der Waals surface area contributed by atoms with E-state index in [1.807, 2.05) is 0 Å². The number of rotatable bonds is 0. The number of allylic oxidation sites excluding steroid dienone is 2. The largest absolute Gasteiger partial charge is 0.262 e. The van der Waals surface area contributed by atoms with Crippen LogP contribution in [0, 0.1) is 10.8 Å². The fourth-order valence-corrected chi connectivity index (χ4v) is 1.85. The second-order valence-electron chi connectivity index (χ2n) is 6.30. The van der Waals surface area contributed by atoms with E-state index in [1.165, 1.54) is 17.0 Å². The van der Waals surface area contributed by atoms with Gasteiger partial charge in [0.1, 0.15) is 0 Å². The summed E-state index contributed by atoms with van der Waals surface area (Å²) >= 11 is 0. The van der Waals surface area contributed by atoms with E-state index in [2.05, 4.69) is 48.5 Å². The monoisotopic (exact) mass is 193 g/mol. The minimum atomic E-state index is 0.217. The minimum Gasteiger partial charge on any atom is -0.262 e. The molecule has 0 N–H and O–H groups in total. The van der Waals surface area contributed by atoms with Gasteiger partial charge in [-0.25, -0.2) is 0 Å². The van der Waals surface area contributed by atoms with Crippen LogP contribution in [0.15, 0.2) is 16.3 Å². The van der Waals surface area contributed by atoms with Crippen molar-refractivity contribution < 1.29 is 0 Å². The molecule has 1 aliphatic heterocycles. The van der Waals surface area contributed by atoms with Crippen LogP contribution in [0.2, 0.25) is 0 Å². The van der Waals surface area contributed by atoms with E-state index < -0.39 is 0 Å². The second-order valence-corrected chi connectivity index (χ2v) is 6.30. The van der Waals surface area contributed by atoms with Gasteiger partial charge in [-0.15, -0.1) is 0 Å². The van der Waals surface area contributed by atoms with Crippen LogP contribution in [0.25, 0.3) is 0 Å². The van der Waals surface area contributed by atoms with Gasteiger partial charge in [-0.2, -0.15) is 0 Å². The van der Waals surface area contributed by atoms with Crippen LogP contribution in [-0.4, -0.2) is 5.71 Å². The number of aliphatic imine (C=N–C) groups is 1. The normalized spacial score (nSPS) is 18.9. The maximum atomic E-state index is 4.70. The SMILES string of the molecule is CC1=C(C(C)(C)C)CC(C(C)(C)C)=N1. The fourth-order valence-electron chi connectivity index (χ4n) is 1.85. The van der Waals surface area contributed by atoms with Crippen molar-refractivity contribution in [3.05, 3.63) is 11.3 Å². The van der Waals surface area contributed by atoms with Crippen LogP contribution in [0.5, 0.6) is 0 Å². The molecule has 0 bridgehead atoms. The Labute approximate surface area is 88.3 Å². The van der Waals surface area contributed by atoms with Crippen LogP contribution in [0.3, 0.4) is 0 Å². The number of hydrogen-bond acceptors (Lipinski definition) is 1. The summed E-state index contributed by atoms with van der Waals surface area (Å²) < 4.78 is 0. The molecule has 0 amide bonds. The highest BCUT2D eigenvalue weighted by Crippen LogP contribution is 2.38. The lowest BCUT2D eigenvalue weighted by Crippen LogP contribution is -2.20. The van der Waals surface area contributed by atoms with Crippen molar-refractivity contribution in [3.63, 3.8) is 0 Å². The molecule has 0 aromatic heterocycles. The summed E-state index contributed by atoms with van der Waals surface area (Å²) in [4.78, 5) is 4.70. The molecule has 14 heavy (non-hydrogen) atoms. The first-order chi connectivity index (χ1) is 6.12. The summed E-state index contributed by atoms with van der Waals surface area (Å²) in [6.07, 6.45) is 1.07. The van der Waals surface area contributed by atoms with Gasteiger partial charge in [-0.3, -0.25) is 4.99 Å². The average Bonchev–Trinajstić information content (AvgIpc) is 2.27. The molecule has 1 nitrogen and oxygen atoms in total. The molecule has 0 saturated heterocycles. The first kappa shape index (κ1) is 11.5. The smallest absolute Gasteiger partial charge is 0.0373 e. The molecule has 0 radical (unpaired) electrons. The molecule has 0 aromatic carbocycles. The van der Waals surface area contributed by atoms with Crippen LogP contribution in [0.1, 0.15) is 54.9 Å². The molecule has 0 spiro atoms. The van der Waals surface area contributed by atoms with E-state index in [-0.39, 0.29) is 10.8 Å². The highest BCUT2D eigenvalue weighted by Gasteiger charge is 2.30. The zero-order valence-electron chi connectivity index (χ0n) is 10.7. The Morgan fingerprint density at radius 3 is 1.64 bits per heavy atom. The van der Waals surface area contributed by atoms with Crippen molar-refractivity contribution in [2.75, 3.05) is 0 Å². The van der Waals surface area contributed by atoms with Crippen molar-refractivity contribution in [3.8, 4) is 0 Å². The second kappa shape index (κ2) is 3.22. The zero-order chi connectivity index (χ0) is 11.1. The lowest BCUT2D eigenvalue weighted by atomic mass is 9.79. The Balaban J connectivity index is 2.91. The maximum Gasteiger partial charge on any atom is 0.0373 e. The van der Waals surface area contributed by atoms with Crippen LogP contribution < -0.4 is 0 Å². The van der Waals surface area contributed by atoms with Gasteiger partial charge in [0.15, 0.2) is 0 Å². The quantitative estimate of drug-likeness (QED) is 0.547. The molecule has 0 unspecified atom stereocenters. The predicted octanol–water partition coefficient (Wildman–Crippen LogP) is 4.20. The Kier molecular flexibility index (Phi) is 2.64. The van der Waals surface area contributed by atoms with Gasteiger partial charge < -0.3 is 0 Å². The number of nitrogens with zero attached hydrogens (tertiary/aromatic N) is 1. The fraction of sp³-hybridized carbons (Fsp3) is 0.769. The molecule has 1 rings (SSSR count). The Morgan fingerprint density at radius 2 is 1.43 bits per heavy atom.